The van der Waals surface area contributed by atoms with Gasteiger partial charge in [0.15, 0.2) is 0 Å². The summed E-state index contributed by atoms with van der Waals surface area (Å²) in [4.78, 5) is 17.0. The molecule has 162 valence electrons. The number of benzene rings is 2. The summed E-state index contributed by atoms with van der Waals surface area (Å²) in [6, 6.07) is 14.5. The highest BCUT2D eigenvalue weighted by atomic mass is 35.5. The van der Waals surface area contributed by atoms with Gasteiger partial charge in [0.05, 0.1) is 12.2 Å². The van der Waals surface area contributed by atoms with Gasteiger partial charge in [0.2, 0.25) is 0 Å². The lowest BCUT2D eigenvalue weighted by molar-refractivity contribution is 0.0627. The van der Waals surface area contributed by atoms with Gasteiger partial charge in [0, 0.05) is 54.6 Å². The topological polar surface area (TPSA) is 41.4 Å². The van der Waals surface area contributed by atoms with Crippen LogP contribution in [0.25, 0.3) is 0 Å². The van der Waals surface area contributed by atoms with E-state index in [-0.39, 0.29) is 11.7 Å². The highest BCUT2D eigenvalue weighted by Crippen LogP contribution is 2.22. The van der Waals surface area contributed by atoms with Crippen LogP contribution in [-0.2, 0) is 13.1 Å². The third kappa shape index (κ3) is 4.97. The minimum atomic E-state index is -0.287. The van der Waals surface area contributed by atoms with Crippen molar-refractivity contribution in [3.8, 4) is 0 Å². The Labute approximate surface area is 187 Å². The molecule has 0 saturated carbocycles. The van der Waals surface area contributed by atoms with Gasteiger partial charge in [-0.05, 0) is 49.7 Å². The molecule has 1 aliphatic heterocycles. The van der Waals surface area contributed by atoms with E-state index < -0.39 is 0 Å². The SMILES string of the molecule is Cc1cc(C)n(Cc2cccc(C(=O)N3CCN(Cc4c(F)cccc4Cl)CC3)c2)n1. The van der Waals surface area contributed by atoms with Gasteiger partial charge in [-0.2, -0.15) is 5.10 Å². The van der Waals surface area contributed by atoms with Crippen molar-refractivity contribution in [2.45, 2.75) is 26.9 Å². The number of nitrogens with zero attached hydrogens (tertiary/aromatic N) is 4. The van der Waals surface area contributed by atoms with Crippen molar-refractivity contribution < 1.29 is 9.18 Å². The number of halogens is 2. The number of hydrogen-bond donors (Lipinski definition) is 0. The van der Waals surface area contributed by atoms with Crippen molar-refractivity contribution >= 4 is 17.5 Å². The van der Waals surface area contributed by atoms with E-state index in [0.29, 0.717) is 55.4 Å². The summed E-state index contributed by atoms with van der Waals surface area (Å²) in [6.07, 6.45) is 0. The quantitative estimate of drug-likeness (QED) is 0.594. The first-order chi connectivity index (χ1) is 14.9. The Balaban J connectivity index is 1.38. The molecule has 1 aromatic heterocycles. The average Bonchev–Trinajstić information content (AvgIpc) is 3.07. The molecule has 0 aliphatic carbocycles. The van der Waals surface area contributed by atoms with Crippen molar-refractivity contribution in [3.63, 3.8) is 0 Å². The molecule has 3 aromatic rings. The Hall–Kier alpha value is -2.70. The largest absolute Gasteiger partial charge is 0.336 e. The van der Waals surface area contributed by atoms with Crippen LogP contribution in [0.15, 0.2) is 48.5 Å². The first-order valence-corrected chi connectivity index (χ1v) is 10.8. The molecule has 2 heterocycles. The van der Waals surface area contributed by atoms with Crippen LogP contribution in [-0.4, -0.2) is 51.7 Å². The van der Waals surface area contributed by atoms with Gasteiger partial charge in [-0.1, -0.05) is 29.8 Å². The van der Waals surface area contributed by atoms with Crippen LogP contribution < -0.4 is 0 Å². The Bertz CT molecular complexity index is 1070. The van der Waals surface area contributed by atoms with E-state index in [0.717, 1.165) is 17.0 Å². The predicted octanol–water partition coefficient (Wildman–Crippen LogP) is 4.30. The Morgan fingerprint density at radius 2 is 1.77 bits per heavy atom. The molecule has 0 spiro atoms. The van der Waals surface area contributed by atoms with E-state index in [4.69, 9.17) is 11.6 Å². The number of rotatable bonds is 5. The van der Waals surface area contributed by atoms with Crippen LogP contribution >= 0.6 is 11.6 Å². The summed E-state index contributed by atoms with van der Waals surface area (Å²) in [6.45, 7) is 7.67. The van der Waals surface area contributed by atoms with Crippen LogP contribution in [0.3, 0.4) is 0 Å². The smallest absolute Gasteiger partial charge is 0.253 e. The van der Waals surface area contributed by atoms with Crippen molar-refractivity contribution in [2.75, 3.05) is 26.2 Å². The standard InChI is InChI=1S/C24H26ClFN4O/c1-17-13-18(2)30(27-17)15-19-5-3-6-20(14-19)24(31)29-11-9-28(10-12-29)16-21-22(25)7-4-8-23(21)26/h3-8,13-14H,9-12,15-16H2,1-2H3. The van der Waals surface area contributed by atoms with Crippen LogP contribution in [0.1, 0.15) is 32.9 Å². The molecule has 0 atom stereocenters. The van der Waals surface area contributed by atoms with E-state index in [1.165, 1.54) is 6.07 Å². The first kappa shape index (κ1) is 21.5. The minimum Gasteiger partial charge on any atom is -0.336 e. The maximum absolute atomic E-state index is 14.1. The third-order valence-electron chi connectivity index (χ3n) is 5.71. The van der Waals surface area contributed by atoms with Crippen LogP contribution in [0.2, 0.25) is 5.02 Å². The molecule has 1 amide bonds. The fourth-order valence-corrected chi connectivity index (χ4v) is 4.23. The van der Waals surface area contributed by atoms with E-state index in [1.807, 2.05) is 53.8 Å². The van der Waals surface area contributed by atoms with E-state index in [2.05, 4.69) is 10.00 Å². The molecule has 31 heavy (non-hydrogen) atoms. The summed E-state index contributed by atoms with van der Waals surface area (Å²) in [5.74, 6) is -0.260. The molecule has 1 fully saturated rings. The molecular weight excluding hydrogens is 415 g/mol. The fraction of sp³-hybridized carbons (Fsp3) is 0.333. The zero-order chi connectivity index (χ0) is 22.0. The first-order valence-electron chi connectivity index (χ1n) is 10.5. The van der Waals surface area contributed by atoms with Gasteiger partial charge in [-0.3, -0.25) is 14.4 Å². The van der Waals surface area contributed by atoms with Gasteiger partial charge >= 0.3 is 0 Å². The van der Waals surface area contributed by atoms with Crippen LogP contribution in [0, 0.1) is 19.7 Å². The second-order valence-corrected chi connectivity index (χ2v) is 8.46. The summed E-state index contributed by atoms with van der Waals surface area (Å²) in [5.41, 5.74) is 4.33. The Kier molecular flexibility index (Phi) is 6.39. The highest BCUT2D eigenvalue weighted by Gasteiger charge is 2.23. The monoisotopic (exact) mass is 440 g/mol. The van der Waals surface area contributed by atoms with Crippen molar-refractivity contribution in [3.05, 3.63) is 87.4 Å². The van der Waals surface area contributed by atoms with Crippen molar-refractivity contribution in [2.24, 2.45) is 0 Å². The molecule has 2 aromatic carbocycles. The predicted molar refractivity (Wildman–Crippen MR) is 120 cm³/mol. The zero-order valence-electron chi connectivity index (χ0n) is 17.8. The molecule has 7 heteroatoms. The average molecular weight is 441 g/mol. The molecule has 1 aliphatic rings. The number of hydrogen-bond acceptors (Lipinski definition) is 3. The van der Waals surface area contributed by atoms with E-state index >= 15 is 0 Å². The highest BCUT2D eigenvalue weighted by molar-refractivity contribution is 6.31. The molecule has 0 radical (unpaired) electrons. The minimum absolute atomic E-state index is 0.0267. The van der Waals surface area contributed by atoms with Gasteiger partial charge in [0.1, 0.15) is 5.82 Å². The lowest BCUT2D eigenvalue weighted by Crippen LogP contribution is -2.48. The maximum atomic E-state index is 14.1. The van der Waals surface area contributed by atoms with Gasteiger partial charge in [0.25, 0.3) is 5.91 Å². The van der Waals surface area contributed by atoms with Crippen molar-refractivity contribution in [1.29, 1.82) is 0 Å². The lowest BCUT2D eigenvalue weighted by atomic mass is 10.1. The molecule has 1 saturated heterocycles. The number of carbonyl (C=O) groups excluding carboxylic acids is 1. The molecule has 4 rings (SSSR count). The number of aryl methyl sites for hydroxylation is 2. The second kappa shape index (κ2) is 9.20. The molecule has 0 N–H and O–H groups in total. The number of piperazine rings is 1. The summed E-state index contributed by atoms with van der Waals surface area (Å²) < 4.78 is 16.0. The summed E-state index contributed by atoms with van der Waals surface area (Å²) in [5, 5.41) is 4.95. The van der Waals surface area contributed by atoms with E-state index in [9.17, 15) is 9.18 Å². The molecular formula is C24H26ClFN4O. The van der Waals surface area contributed by atoms with E-state index in [1.54, 1.807) is 12.1 Å². The van der Waals surface area contributed by atoms with Crippen LogP contribution in [0.5, 0.6) is 0 Å². The van der Waals surface area contributed by atoms with Gasteiger partial charge < -0.3 is 4.90 Å². The Morgan fingerprint density at radius 3 is 2.45 bits per heavy atom. The van der Waals surface area contributed by atoms with Crippen molar-refractivity contribution in [1.82, 2.24) is 19.6 Å². The molecule has 0 unspecified atom stereocenters. The Morgan fingerprint density at radius 1 is 1.03 bits per heavy atom. The number of amides is 1. The van der Waals surface area contributed by atoms with Gasteiger partial charge in [-0.15, -0.1) is 0 Å². The van der Waals surface area contributed by atoms with Gasteiger partial charge in [-0.25, -0.2) is 4.39 Å². The molecule has 0 bridgehead atoms. The maximum Gasteiger partial charge on any atom is 0.253 e. The summed E-state index contributed by atoms with van der Waals surface area (Å²) >= 11 is 6.15. The zero-order valence-corrected chi connectivity index (χ0v) is 18.6. The third-order valence-corrected chi connectivity index (χ3v) is 6.07. The summed E-state index contributed by atoms with van der Waals surface area (Å²) in [7, 11) is 0. The second-order valence-electron chi connectivity index (χ2n) is 8.05. The normalized spacial score (nSPS) is 14.8. The number of aromatic nitrogens is 2. The lowest BCUT2D eigenvalue weighted by Gasteiger charge is -2.35. The van der Waals surface area contributed by atoms with Crippen LogP contribution in [0.4, 0.5) is 4.39 Å². The molecule has 5 nitrogen and oxygen atoms in total. The number of carbonyl (C=O) groups is 1. The fourth-order valence-electron chi connectivity index (χ4n) is 4.01.